The molecule has 2 aromatic rings. The van der Waals surface area contributed by atoms with Crippen LogP contribution in [0, 0.1) is 6.92 Å². The third kappa shape index (κ3) is 3.31. The second-order valence-electron chi connectivity index (χ2n) is 4.58. The molecule has 1 aromatic carbocycles. The smallest absolute Gasteiger partial charge is 0.255 e. The van der Waals surface area contributed by atoms with Crippen LogP contribution in [0.2, 0.25) is 0 Å². The summed E-state index contributed by atoms with van der Waals surface area (Å²) in [6.45, 7) is 1.91. The summed E-state index contributed by atoms with van der Waals surface area (Å²) in [6.07, 6.45) is 1.65. The van der Waals surface area contributed by atoms with Gasteiger partial charge in [-0.3, -0.25) is 9.78 Å². The topological polar surface area (TPSA) is 45.2 Å². The summed E-state index contributed by atoms with van der Waals surface area (Å²) in [4.78, 5) is 18.2. The average Bonchev–Trinajstić information content (AvgIpc) is 2.41. The number of anilines is 2. The Hall–Kier alpha value is -2.36. The highest BCUT2D eigenvalue weighted by molar-refractivity contribution is 6.04. The fourth-order valence-corrected chi connectivity index (χ4v) is 1.66. The zero-order valence-corrected chi connectivity index (χ0v) is 11.3. The van der Waals surface area contributed by atoms with E-state index in [9.17, 15) is 4.79 Å². The second-order valence-corrected chi connectivity index (χ2v) is 4.58. The zero-order chi connectivity index (χ0) is 13.8. The Morgan fingerprint density at radius 2 is 1.79 bits per heavy atom. The summed E-state index contributed by atoms with van der Waals surface area (Å²) in [6, 6.07) is 11.2. The fraction of sp³-hybridized carbons (Fsp3) is 0.200. The van der Waals surface area contributed by atoms with Gasteiger partial charge in [0.05, 0.1) is 11.9 Å². The fourth-order valence-electron chi connectivity index (χ4n) is 1.66. The van der Waals surface area contributed by atoms with Crippen LogP contribution in [0.5, 0.6) is 0 Å². The zero-order valence-electron chi connectivity index (χ0n) is 11.3. The number of hydrogen-bond acceptors (Lipinski definition) is 3. The maximum Gasteiger partial charge on any atom is 0.255 e. The lowest BCUT2D eigenvalue weighted by Gasteiger charge is -2.12. The molecule has 19 heavy (non-hydrogen) atoms. The predicted octanol–water partition coefficient (Wildman–Crippen LogP) is 2.71. The maximum absolute atomic E-state index is 12.0. The number of pyridine rings is 1. The number of hydrogen-bond donors (Lipinski definition) is 1. The molecule has 1 amide bonds. The van der Waals surface area contributed by atoms with Gasteiger partial charge < -0.3 is 10.2 Å². The minimum atomic E-state index is -0.129. The van der Waals surface area contributed by atoms with E-state index >= 15 is 0 Å². The number of rotatable bonds is 3. The van der Waals surface area contributed by atoms with E-state index < -0.39 is 0 Å². The third-order valence-electron chi connectivity index (χ3n) is 2.82. The molecular formula is C15H17N3O. The predicted molar refractivity (Wildman–Crippen MR) is 77.7 cm³/mol. The van der Waals surface area contributed by atoms with E-state index in [1.807, 2.05) is 62.3 Å². The second kappa shape index (κ2) is 5.52. The molecule has 0 saturated heterocycles. The molecule has 0 spiro atoms. The van der Waals surface area contributed by atoms with Crippen molar-refractivity contribution in [2.45, 2.75) is 6.92 Å². The molecule has 0 bridgehead atoms. The van der Waals surface area contributed by atoms with Gasteiger partial charge in [0.25, 0.3) is 5.91 Å². The molecular weight excluding hydrogens is 238 g/mol. The van der Waals surface area contributed by atoms with Crippen molar-refractivity contribution in [3.05, 3.63) is 53.9 Å². The number of nitrogens with one attached hydrogen (secondary N) is 1. The van der Waals surface area contributed by atoms with E-state index in [0.717, 1.165) is 11.4 Å². The van der Waals surface area contributed by atoms with E-state index in [1.54, 1.807) is 6.20 Å². The normalized spacial score (nSPS) is 10.1. The summed E-state index contributed by atoms with van der Waals surface area (Å²) in [7, 11) is 3.93. The standard InChI is InChI=1S/C15H17N3O/c1-11-4-7-13(10-16-11)17-15(19)12-5-8-14(9-6-12)18(2)3/h4-10H,1-3H3,(H,17,19). The number of aromatic nitrogens is 1. The van der Waals surface area contributed by atoms with Gasteiger partial charge in [-0.15, -0.1) is 0 Å². The van der Waals surface area contributed by atoms with Crippen LogP contribution >= 0.6 is 0 Å². The lowest BCUT2D eigenvalue weighted by molar-refractivity contribution is 0.102. The van der Waals surface area contributed by atoms with Crippen LogP contribution in [0.3, 0.4) is 0 Å². The van der Waals surface area contributed by atoms with Crippen LogP contribution in [0.15, 0.2) is 42.6 Å². The van der Waals surface area contributed by atoms with E-state index in [0.29, 0.717) is 11.3 Å². The molecule has 0 aliphatic heterocycles. The van der Waals surface area contributed by atoms with Gasteiger partial charge in [0.2, 0.25) is 0 Å². The minimum absolute atomic E-state index is 0.129. The molecule has 98 valence electrons. The van der Waals surface area contributed by atoms with Crippen LogP contribution < -0.4 is 10.2 Å². The third-order valence-corrected chi connectivity index (χ3v) is 2.82. The number of carbonyl (C=O) groups excluding carboxylic acids is 1. The molecule has 0 atom stereocenters. The number of benzene rings is 1. The van der Waals surface area contributed by atoms with E-state index in [4.69, 9.17) is 0 Å². The monoisotopic (exact) mass is 255 g/mol. The molecule has 1 aromatic heterocycles. The molecule has 0 fully saturated rings. The first-order valence-corrected chi connectivity index (χ1v) is 6.07. The summed E-state index contributed by atoms with van der Waals surface area (Å²) in [5, 5.41) is 2.82. The van der Waals surface area contributed by atoms with Crippen LogP contribution in [0.1, 0.15) is 16.1 Å². The summed E-state index contributed by atoms with van der Waals surface area (Å²) in [5.74, 6) is -0.129. The molecule has 1 N–H and O–H groups in total. The van der Waals surface area contributed by atoms with Crippen LogP contribution in [-0.4, -0.2) is 25.0 Å². The lowest BCUT2D eigenvalue weighted by Crippen LogP contribution is -2.13. The average molecular weight is 255 g/mol. The van der Waals surface area contributed by atoms with E-state index in [-0.39, 0.29) is 5.91 Å². The molecule has 2 rings (SSSR count). The van der Waals surface area contributed by atoms with Gasteiger partial charge in [0.1, 0.15) is 0 Å². The number of amides is 1. The number of aryl methyl sites for hydroxylation is 1. The van der Waals surface area contributed by atoms with Crippen molar-refractivity contribution in [2.24, 2.45) is 0 Å². The molecule has 0 saturated carbocycles. The van der Waals surface area contributed by atoms with Crippen molar-refractivity contribution in [3.8, 4) is 0 Å². The SMILES string of the molecule is Cc1ccc(NC(=O)c2ccc(N(C)C)cc2)cn1. The van der Waals surface area contributed by atoms with Gasteiger partial charge in [0.15, 0.2) is 0 Å². The van der Waals surface area contributed by atoms with Crippen molar-refractivity contribution in [1.29, 1.82) is 0 Å². The molecule has 0 radical (unpaired) electrons. The van der Waals surface area contributed by atoms with Crippen molar-refractivity contribution < 1.29 is 4.79 Å². The molecule has 4 nitrogen and oxygen atoms in total. The molecule has 0 aliphatic carbocycles. The molecule has 0 unspecified atom stereocenters. The quantitative estimate of drug-likeness (QED) is 0.917. The first-order chi connectivity index (χ1) is 9.06. The van der Waals surface area contributed by atoms with Gasteiger partial charge in [-0.05, 0) is 43.3 Å². The maximum atomic E-state index is 12.0. The van der Waals surface area contributed by atoms with Crippen molar-refractivity contribution in [3.63, 3.8) is 0 Å². The van der Waals surface area contributed by atoms with Crippen molar-refractivity contribution in [1.82, 2.24) is 4.98 Å². The first-order valence-electron chi connectivity index (χ1n) is 6.07. The van der Waals surface area contributed by atoms with E-state index in [2.05, 4.69) is 10.3 Å². The molecule has 0 aliphatic rings. The lowest BCUT2D eigenvalue weighted by atomic mass is 10.2. The molecule has 4 heteroatoms. The van der Waals surface area contributed by atoms with Crippen molar-refractivity contribution in [2.75, 3.05) is 24.3 Å². The minimum Gasteiger partial charge on any atom is -0.378 e. The largest absolute Gasteiger partial charge is 0.378 e. The summed E-state index contributed by atoms with van der Waals surface area (Å²) in [5.41, 5.74) is 3.32. The number of carbonyl (C=O) groups is 1. The summed E-state index contributed by atoms with van der Waals surface area (Å²) < 4.78 is 0. The Morgan fingerprint density at radius 1 is 1.11 bits per heavy atom. The van der Waals surface area contributed by atoms with Crippen LogP contribution in [0.25, 0.3) is 0 Å². The first kappa shape index (κ1) is 13.1. The highest BCUT2D eigenvalue weighted by Gasteiger charge is 2.06. The highest BCUT2D eigenvalue weighted by atomic mass is 16.1. The van der Waals surface area contributed by atoms with Gasteiger partial charge in [-0.1, -0.05) is 0 Å². The van der Waals surface area contributed by atoms with Crippen molar-refractivity contribution >= 4 is 17.3 Å². The van der Waals surface area contributed by atoms with Gasteiger partial charge >= 0.3 is 0 Å². The Labute approximate surface area is 113 Å². The van der Waals surface area contributed by atoms with Gasteiger partial charge in [-0.2, -0.15) is 0 Å². The highest BCUT2D eigenvalue weighted by Crippen LogP contribution is 2.14. The Morgan fingerprint density at radius 3 is 2.32 bits per heavy atom. The Balaban J connectivity index is 2.09. The molecule has 1 heterocycles. The van der Waals surface area contributed by atoms with E-state index in [1.165, 1.54) is 0 Å². The summed E-state index contributed by atoms with van der Waals surface area (Å²) >= 11 is 0. The van der Waals surface area contributed by atoms with Gasteiger partial charge in [-0.25, -0.2) is 0 Å². The van der Waals surface area contributed by atoms with Crippen LogP contribution in [0.4, 0.5) is 11.4 Å². The van der Waals surface area contributed by atoms with Gasteiger partial charge in [0, 0.05) is 31.0 Å². The Kier molecular flexibility index (Phi) is 3.80. The van der Waals surface area contributed by atoms with Crippen LogP contribution in [-0.2, 0) is 0 Å². The Bertz CT molecular complexity index is 559. The number of nitrogens with zero attached hydrogens (tertiary/aromatic N) is 2.